The summed E-state index contributed by atoms with van der Waals surface area (Å²) < 4.78 is 27.2. The Morgan fingerprint density at radius 1 is 1.21 bits per heavy atom. The van der Waals surface area contributed by atoms with Gasteiger partial charge in [-0.3, -0.25) is 4.79 Å². The largest absolute Gasteiger partial charge is 0.353 e. The summed E-state index contributed by atoms with van der Waals surface area (Å²) in [6.07, 6.45) is 0.114. The summed E-state index contributed by atoms with van der Waals surface area (Å²) in [5.74, 6) is -0.398. The van der Waals surface area contributed by atoms with Crippen LogP contribution in [0.1, 0.15) is 18.1 Å². The van der Waals surface area contributed by atoms with Gasteiger partial charge in [-0.15, -0.1) is 11.8 Å². The smallest absolute Gasteiger partial charge is 0.230 e. The maximum absolute atomic E-state index is 13.6. The number of halogens is 3. The van der Waals surface area contributed by atoms with E-state index in [9.17, 15) is 13.6 Å². The highest BCUT2D eigenvalue weighted by Gasteiger charge is 2.14. The first-order valence-corrected chi connectivity index (χ1v) is 9.03. The minimum Gasteiger partial charge on any atom is -0.353 e. The number of hydrogen-bond donors (Lipinski definition) is 1. The Morgan fingerprint density at radius 2 is 1.88 bits per heavy atom. The normalized spacial score (nSPS) is 12.0. The van der Waals surface area contributed by atoms with Crippen molar-refractivity contribution in [2.24, 2.45) is 0 Å². The van der Waals surface area contributed by atoms with Crippen LogP contribution in [0.25, 0.3) is 0 Å². The van der Waals surface area contributed by atoms with Gasteiger partial charge in [0.25, 0.3) is 0 Å². The second-order valence-corrected chi connectivity index (χ2v) is 6.92. The van der Waals surface area contributed by atoms with Crippen molar-refractivity contribution >= 4 is 29.3 Å². The third kappa shape index (κ3) is 5.80. The Kier molecular flexibility index (Phi) is 7.06. The number of benzene rings is 2. The molecule has 1 N–H and O–H groups in total. The maximum Gasteiger partial charge on any atom is 0.230 e. The molecule has 0 bridgehead atoms. The predicted molar refractivity (Wildman–Crippen MR) is 95.3 cm³/mol. The summed E-state index contributed by atoms with van der Waals surface area (Å²) in [5.41, 5.74) is 1.04. The molecule has 0 aliphatic heterocycles. The average Bonchev–Trinajstić information content (AvgIpc) is 2.51. The molecule has 2 aromatic rings. The van der Waals surface area contributed by atoms with Crippen molar-refractivity contribution in [1.29, 1.82) is 0 Å². The zero-order valence-corrected chi connectivity index (χ0v) is 14.8. The van der Waals surface area contributed by atoms with Crippen molar-refractivity contribution in [3.05, 3.63) is 70.2 Å². The molecular formula is C18H18ClF2NOS. The standard InChI is InChI=1S/C18H18ClF2NOS/c1-12(8-15-16(20)6-3-7-17(15)21)22-18(23)11-24-10-13-4-2-5-14(19)9-13/h2-7,9,12H,8,10-11H2,1H3,(H,22,23). The van der Waals surface area contributed by atoms with E-state index in [4.69, 9.17) is 11.6 Å². The monoisotopic (exact) mass is 369 g/mol. The minimum absolute atomic E-state index is 0.00289. The molecular weight excluding hydrogens is 352 g/mol. The van der Waals surface area contributed by atoms with Crippen molar-refractivity contribution in [2.75, 3.05) is 5.75 Å². The molecule has 6 heteroatoms. The van der Waals surface area contributed by atoms with Crippen LogP contribution in [0.2, 0.25) is 5.02 Å². The van der Waals surface area contributed by atoms with Gasteiger partial charge in [0.1, 0.15) is 11.6 Å². The molecule has 0 radical (unpaired) electrons. The highest BCUT2D eigenvalue weighted by atomic mass is 35.5. The summed E-state index contributed by atoms with van der Waals surface area (Å²) in [4.78, 5) is 11.9. The van der Waals surface area contributed by atoms with Gasteiger partial charge in [-0.05, 0) is 43.2 Å². The fraction of sp³-hybridized carbons (Fsp3) is 0.278. The number of carbonyl (C=O) groups is 1. The molecule has 24 heavy (non-hydrogen) atoms. The number of hydrogen-bond acceptors (Lipinski definition) is 2. The van der Waals surface area contributed by atoms with E-state index < -0.39 is 11.6 Å². The third-order valence-corrected chi connectivity index (χ3v) is 4.61. The second kappa shape index (κ2) is 9.04. The molecule has 0 aliphatic rings. The Bertz CT molecular complexity index is 691. The summed E-state index contributed by atoms with van der Waals surface area (Å²) >= 11 is 7.37. The van der Waals surface area contributed by atoms with Gasteiger partial charge in [-0.1, -0.05) is 29.8 Å². The molecule has 1 amide bonds. The highest BCUT2D eigenvalue weighted by molar-refractivity contribution is 7.99. The van der Waals surface area contributed by atoms with Crippen LogP contribution in [-0.2, 0) is 17.0 Å². The Hall–Kier alpha value is -1.59. The summed E-state index contributed by atoms with van der Waals surface area (Å²) in [7, 11) is 0. The van der Waals surface area contributed by atoms with Gasteiger partial charge in [-0.25, -0.2) is 8.78 Å². The van der Waals surface area contributed by atoms with E-state index in [1.165, 1.54) is 30.0 Å². The van der Waals surface area contributed by atoms with Crippen LogP contribution in [0.3, 0.4) is 0 Å². The highest BCUT2D eigenvalue weighted by Crippen LogP contribution is 2.17. The zero-order chi connectivity index (χ0) is 17.5. The van der Waals surface area contributed by atoms with E-state index in [2.05, 4.69) is 5.32 Å². The van der Waals surface area contributed by atoms with Crippen LogP contribution in [-0.4, -0.2) is 17.7 Å². The lowest BCUT2D eigenvalue weighted by Crippen LogP contribution is -2.35. The molecule has 1 unspecified atom stereocenters. The Morgan fingerprint density at radius 3 is 2.54 bits per heavy atom. The lowest BCUT2D eigenvalue weighted by atomic mass is 10.1. The van der Waals surface area contributed by atoms with Crippen molar-refractivity contribution in [3.8, 4) is 0 Å². The molecule has 1 atom stereocenters. The summed E-state index contributed by atoms with van der Waals surface area (Å²) in [6.45, 7) is 1.73. The van der Waals surface area contributed by atoms with Crippen molar-refractivity contribution < 1.29 is 13.6 Å². The topological polar surface area (TPSA) is 29.1 Å². The zero-order valence-electron chi connectivity index (χ0n) is 13.2. The van der Waals surface area contributed by atoms with Crippen LogP contribution < -0.4 is 5.32 Å². The van der Waals surface area contributed by atoms with Gasteiger partial charge < -0.3 is 5.32 Å². The van der Waals surface area contributed by atoms with Crippen LogP contribution in [0.5, 0.6) is 0 Å². The van der Waals surface area contributed by atoms with Gasteiger partial charge in [0.2, 0.25) is 5.91 Å². The molecule has 2 rings (SSSR count). The minimum atomic E-state index is -0.591. The van der Waals surface area contributed by atoms with Crippen molar-refractivity contribution in [3.63, 3.8) is 0 Å². The molecule has 0 fully saturated rings. The molecule has 2 aromatic carbocycles. The quantitative estimate of drug-likeness (QED) is 0.772. The number of nitrogens with one attached hydrogen (secondary N) is 1. The molecule has 0 saturated carbocycles. The van der Waals surface area contributed by atoms with Gasteiger partial charge in [0.05, 0.1) is 5.75 Å². The number of carbonyl (C=O) groups excluding carboxylic acids is 1. The number of rotatable bonds is 7. The molecule has 0 aromatic heterocycles. The molecule has 2 nitrogen and oxygen atoms in total. The molecule has 0 aliphatic carbocycles. The average molecular weight is 370 g/mol. The number of amides is 1. The van der Waals surface area contributed by atoms with Crippen molar-refractivity contribution in [2.45, 2.75) is 25.1 Å². The fourth-order valence-electron chi connectivity index (χ4n) is 2.29. The third-order valence-electron chi connectivity index (χ3n) is 3.37. The van der Waals surface area contributed by atoms with Gasteiger partial charge in [0.15, 0.2) is 0 Å². The van der Waals surface area contributed by atoms with E-state index >= 15 is 0 Å². The summed E-state index contributed by atoms with van der Waals surface area (Å²) in [6, 6.07) is 10.9. The van der Waals surface area contributed by atoms with Crippen LogP contribution in [0.15, 0.2) is 42.5 Å². The van der Waals surface area contributed by atoms with E-state index in [0.29, 0.717) is 10.8 Å². The lowest BCUT2D eigenvalue weighted by molar-refractivity contribution is -0.119. The Balaban J connectivity index is 1.77. The molecule has 128 valence electrons. The summed E-state index contributed by atoms with van der Waals surface area (Å²) in [5, 5.41) is 3.43. The van der Waals surface area contributed by atoms with Crippen molar-refractivity contribution in [1.82, 2.24) is 5.32 Å². The van der Waals surface area contributed by atoms with Gasteiger partial charge in [0, 0.05) is 22.4 Å². The SMILES string of the molecule is CC(Cc1c(F)cccc1F)NC(=O)CSCc1cccc(Cl)c1. The lowest BCUT2D eigenvalue weighted by Gasteiger charge is -2.15. The predicted octanol–water partition coefficient (Wildman–Crippen LogP) is 4.60. The molecule has 0 spiro atoms. The van der Waals surface area contributed by atoms with Crippen LogP contribution in [0, 0.1) is 11.6 Å². The molecule has 0 saturated heterocycles. The van der Waals surface area contributed by atoms with Gasteiger partial charge >= 0.3 is 0 Å². The first-order chi connectivity index (χ1) is 11.5. The first-order valence-electron chi connectivity index (χ1n) is 7.50. The van der Waals surface area contributed by atoms with Gasteiger partial charge in [-0.2, -0.15) is 0 Å². The van der Waals surface area contributed by atoms with E-state index in [1.54, 1.807) is 13.0 Å². The molecule has 0 heterocycles. The Labute approximate surface area is 149 Å². The van der Waals surface area contributed by atoms with E-state index in [0.717, 1.165) is 5.56 Å². The van der Waals surface area contributed by atoms with E-state index in [1.807, 2.05) is 18.2 Å². The first kappa shape index (κ1) is 18.7. The van der Waals surface area contributed by atoms with Crippen LogP contribution >= 0.6 is 23.4 Å². The maximum atomic E-state index is 13.6. The van der Waals surface area contributed by atoms with Crippen LogP contribution in [0.4, 0.5) is 8.78 Å². The number of thioether (sulfide) groups is 1. The second-order valence-electron chi connectivity index (χ2n) is 5.50. The van der Waals surface area contributed by atoms with E-state index in [-0.39, 0.29) is 29.7 Å². The fourth-order valence-corrected chi connectivity index (χ4v) is 3.29.